The van der Waals surface area contributed by atoms with E-state index in [2.05, 4.69) is 18.7 Å². The lowest BCUT2D eigenvalue weighted by molar-refractivity contribution is -0.130. The number of carbonyl (C=O) groups excluding carboxylic acids is 1. The van der Waals surface area contributed by atoms with Gasteiger partial charge in [0.25, 0.3) is 0 Å². The SMILES string of the molecule is C=C(C)CN(CC)C(=O)CCc1cccc(OC2CCCC2)c1. The summed E-state index contributed by atoms with van der Waals surface area (Å²) in [6.45, 7) is 9.25. The first-order valence-electron chi connectivity index (χ1n) is 8.76. The Bertz CT molecular complexity index is 532. The Labute approximate surface area is 140 Å². The van der Waals surface area contributed by atoms with Crippen molar-refractivity contribution in [2.45, 2.75) is 58.5 Å². The maximum absolute atomic E-state index is 12.3. The molecule has 1 aromatic carbocycles. The number of benzene rings is 1. The first-order valence-corrected chi connectivity index (χ1v) is 8.76. The van der Waals surface area contributed by atoms with Crippen molar-refractivity contribution in [2.75, 3.05) is 13.1 Å². The van der Waals surface area contributed by atoms with Crippen molar-refractivity contribution in [1.82, 2.24) is 4.90 Å². The first kappa shape index (κ1) is 17.6. The van der Waals surface area contributed by atoms with E-state index >= 15 is 0 Å². The average Bonchev–Trinajstić information content (AvgIpc) is 3.03. The molecule has 0 heterocycles. The van der Waals surface area contributed by atoms with Crippen LogP contribution in [0, 0.1) is 0 Å². The molecule has 1 aliphatic carbocycles. The zero-order valence-electron chi connectivity index (χ0n) is 14.5. The van der Waals surface area contributed by atoms with Crippen molar-refractivity contribution in [3.05, 3.63) is 42.0 Å². The minimum absolute atomic E-state index is 0.192. The van der Waals surface area contributed by atoms with Crippen LogP contribution in [0.3, 0.4) is 0 Å². The molecule has 0 N–H and O–H groups in total. The number of rotatable bonds is 8. The van der Waals surface area contributed by atoms with E-state index in [1.54, 1.807) is 0 Å². The average molecular weight is 315 g/mol. The van der Waals surface area contributed by atoms with Gasteiger partial charge in [0.1, 0.15) is 5.75 Å². The summed E-state index contributed by atoms with van der Waals surface area (Å²) in [4.78, 5) is 14.2. The number of nitrogens with zero attached hydrogens (tertiary/aromatic N) is 1. The fraction of sp³-hybridized carbons (Fsp3) is 0.550. The topological polar surface area (TPSA) is 29.5 Å². The van der Waals surface area contributed by atoms with Crippen LogP contribution in [-0.4, -0.2) is 30.0 Å². The van der Waals surface area contributed by atoms with Gasteiger partial charge in [-0.25, -0.2) is 0 Å². The van der Waals surface area contributed by atoms with Gasteiger partial charge in [-0.2, -0.15) is 0 Å². The lowest BCUT2D eigenvalue weighted by atomic mass is 10.1. The van der Waals surface area contributed by atoms with Crippen LogP contribution < -0.4 is 4.74 Å². The summed E-state index contributed by atoms with van der Waals surface area (Å²) < 4.78 is 6.04. The summed E-state index contributed by atoms with van der Waals surface area (Å²) in [6, 6.07) is 8.20. The van der Waals surface area contributed by atoms with Gasteiger partial charge < -0.3 is 9.64 Å². The maximum Gasteiger partial charge on any atom is 0.223 e. The minimum atomic E-state index is 0.192. The van der Waals surface area contributed by atoms with E-state index in [-0.39, 0.29) is 5.91 Å². The fourth-order valence-electron chi connectivity index (χ4n) is 3.08. The predicted molar refractivity (Wildman–Crippen MR) is 94.7 cm³/mol. The van der Waals surface area contributed by atoms with E-state index in [4.69, 9.17) is 4.74 Å². The summed E-state index contributed by atoms with van der Waals surface area (Å²) in [5.74, 6) is 1.13. The van der Waals surface area contributed by atoms with Crippen molar-refractivity contribution < 1.29 is 9.53 Å². The van der Waals surface area contributed by atoms with E-state index in [0.717, 1.165) is 37.1 Å². The Morgan fingerprint density at radius 1 is 1.35 bits per heavy atom. The predicted octanol–water partition coefficient (Wildman–Crippen LogP) is 4.37. The van der Waals surface area contributed by atoms with E-state index in [9.17, 15) is 4.79 Å². The van der Waals surface area contributed by atoms with Crippen molar-refractivity contribution in [1.29, 1.82) is 0 Å². The molecule has 1 aliphatic rings. The van der Waals surface area contributed by atoms with Gasteiger partial charge in [-0.3, -0.25) is 4.79 Å². The van der Waals surface area contributed by atoms with Crippen LogP contribution in [-0.2, 0) is 11.2 Å². The molecule has 1 amide bonds. The zero-order chi connectivity index (χ0) is 16.7. The summed E-state index contributed by atoms with van der Waals surface area (Å²) in [5.41, 5.74) is 2.19. The molecule has 3 nitrogen and oxygen atoms in total. The Hall–Kier alpha value is -1.77. The highest BCUT2D eigenvalue weighted by atomic mass is 16.5. The van der Waals surface area contributed by atoms with E-state index in [0.29, 0.717) is 19.1 Å². The summed E-state index contributed by atoms with van der Waals surface area (Å²) >= 11 is 0. The van der Waals surface area contributed by atoms with E-state index in [1.165, 1.54) is 18.4 Å². The summed E-state index contributed by atoms with van der Waals surface area (Å²) in [5, 5.41) is 0. The Morgan fingerprint density at radius 2 is 2.09 bits per heavy atom. The number of ether oxygens (including phenoxy) is 1. The first-order chi connectivity index (χ1) is 11.1. The zero-order valence-corrected chi connectivity index (χ0v) is 14.5. The van der Waals surface area contributed by atoms with E-state index in [1.807, 2.05) is 30.9 Å². The highest BCUT2D eigenvalue weighted by molar-refractivity contribution is 5.76. The molecule has 0 saturated heterocycles. The van der Waals surface area contributed by atoms with Crippen LogP contribution in [0.2, 0.25) is 0 Å². The molecule has 3 heteroatoms. The Morgan fingerprint density at radius 3 is 2.74 bits per heavy atom. The fourth-order valence-corrected chi connectivity index (χ4v) is 3.08. The van der Waals surface area contributed by atoms with Crippen LogP contribution in [0.25, 0.3) is 0 Å². The lowest BCUT2D eigenvalue weighted by Crippen LogP contribution is -2.32. The number of amides is 1. The standard InChI is InChI=1S/C20H29NO2/c1-4-21(15-16(2)3)20(22)13-12-17-8-7-11-19(14-17)23-18-9-5-6-10-18/h7-8,11,14,18H,2,4-6,9-10,12-13,15H2,1,3H3. The van der Waals surface area contributed by atoms with Gasteiger partial charge in [0.2, 0.25) is 5.91 Å². The number of likely N-dealkylation sites (N-methyl/N-ethyl adjacent to an activating group) is 1. The maximum atomic E-state index is 12.3. The second-order valence-electron chi connectivity index (χ2n) is 6.54. The van der Waals surface area contributed by atoms with Crippen LogP contribution in [0.1, 0.15) is 51.5 Å². The molecule has 1 aromatic rings. The highest BCUT2D eigenvalue weighted by Crippen LogP contribution is 2.24. The monoisotopic (exact) mass is 315 g/mol. The summed E-state index contributed by atoms with van der Waals surface area (Å²) in [6.07, 6.45) is 6.53. The molecule has 0 aliphatic heterocycles. The third-order valence-corrected chi connectivity index (χ3v) is 4.33. The van der Waals surface area contributed by atoms with Crippen LogP contribution in [0.5, 0.6) is 5.75 Å². The molecule has 0 radical (unpaired) electrons. The van der Waals surface area contributed by atoms with Gasteiger partial charge in [-0.05, 0) is 63.6 Å². The molecule has 1 fully saturated rings. The molecular formula is C20H29NO2. The van der Waals surface area contributed by atoms with Crippen LogP contribution >= 0.6 is 0 Å². The number of carbonyl (C=O) groups is 1. The van der Waals surface area contributed by atoms with Crippen molar-refractivity contribution in [3.8, 4) is 5.75 Å². The molecule has 0 aromatic heterocycles. The minimum Gasteiger partial charge on any atom is -0.490 e. The lowest BCUT2D eigenvalue weighted by Gasteiger charge is -2.21. The second kappa shape index (κ2) is 8.76. The third kappa shape index (κ3) is 5.74. The normalized spacial score (nSPS) is 14.7. The molecule has 126 valence electrons. The van der Waals surface area contributed by atoms with Gasteiger partial charge in [-0.1, -0.05) is 24.3 Å². The molecule has 2 rings (SSSR count). The van der Waals surface area contributed by atoms with Crippen molar-refractivity contribution >= 4 is 5.91 Å². The van der Waals surface area contributed by atoms with Crippen LogP contribution in [0.15, 0.2) is 36.4 Å². The van der Waals surface area contributed by atoms with Crippen LogP contribution in [0.4, 0.5) is 0 Å². The number of aryl methyl sites for hydroxylation is 1. The highest BCUT2D eigenvalue weighted by Gasteiger charge is 2.16. The molecule has 23 heavy (non-hydrogen) atoms. The Balaban J connectivity index is 1.87. The molecule has 1 saturated carbocycles. The van der Waals surface area contributed by atoms with Gasteiger partial charge in [0.15, 0.2) is 0 Å². The molecule has 0 spiro atoms. The smallest absolute Gasteiger partial charge is 0.223 e. The van der Waals surface area contributed by atoms with Gasteiger partial charge in [-0.15, -0.1) is 0 Å². The van der Waals surface area contributed by atoms with Gasteiger partial charge in [0, 0.05) is 19.5 Å². The number of hydrogen-bond donors (Lipinski definition) is 0. The molecule has 0 bridgehead atoms. The Kier molecular flexibility index (Phi) is 6.69. The number of hydrogen-bond acceptors (Lipinski definition) is 2. The second-order valence-corrected chi connectivity index (χ2v) is 6.54. The largest absolute Gasteiger partial charge is 0.490 e. The van der Waals surface area contributed by atoms with Crippen molar-refractivity contribution in [2.24, 2.45) is 0 Å². The molecule has 0 unspecified atom stereocenters. The molecule has 0 atom stereocenters. The van der Waals surface area contributed by atoms with Gasteiger partial charge >= 0.3 is 0 Å². The third-order valence-electron chi connectivity index (χ3n) is 4.33. The summed E-state index contributed by atoms with van der Waals surface area (Å²) in [7, 11) is 0. The van der Waals surface area contributed by atoms with Crippen molar-refractivity contribution in [3.63, 3.8) is 0 Å². The molecular weight excluding hydrogens is 286 g/mol. The van der Waals surface area contributed by atoms with Gasteiger partial charge in [0.05, 0.1) is 6.10 Å². The quantitative estimate of drug-likeness (QED) is 0.667. The van der Waals surface area contributed by atoms with E-state index < -0.39 is 0 Å².